The second kappa shape index (κ2) is 6.55. The second-order valence-electron chi connectivity index (χ2n) is 3.98. The summed E-state index contributed by atoms with van der Waals surface area (Å²) in [6, 6.07) is 2.57. The molecule has 0 spiro atoms. The van der Waals surface area contributed by atoms with E-state index in [9.17, 15) is 8.78 Å². The van der Waals surface area contributed by atoms with Gasteiger partial charge in [0.2, 0.25) is 0 Å². The molecule has 0 aliphatic carbocycles. The summed E-state index contributed by atoms with van der Waals surface area (Å²) >= 11 is 0. The Morgan fingerprint density at radius 3 is 2.12 bits per heavy atom. The zero-order valence-electron chi connectivity index (χ0n) is 10.3. The highest BCUT2D eigenvalue weighted by molar-refractivity contribution is 5.31. The molecule has 0 radical (unpaired) electrons. The number of ether oxygens (including phenoxy) is 1. The molecule has 0 aliphatic rings. The molecule has 17 heavy (non-hydrogen) atoms. The molecule has 96 valence electrons. The van der Waals surface area contributed by atoms with Crippen LogP contribution in [0.15, 0.2) is 12.1 Å². The van der Waals surface area contributed by atoms with Crippen molar-refractivity contribution in [1.82, 2.24) is 0 Å². The topological polar surface area (TPSA) is 35.2 Å². The van der Waals surface area contributed by atoms with Crippen LogP contribution in [0.3, 0.4) is 0 Å². The van der Waals surface area contributed by atoms with E-state index in [1.807, 2.05) is 13.8 Å². The molecule has 4 heteroatoms. The molecule has 0 fully saturated rings. The Kier molecular flexibility index (Phi) is 5.35. The van der Waals surface area contributed by atoms with Gasteiger partial charge in [-0.2, -0.15) is 0 Å². The Morgan fingerprint density at radius 1 is 1.18 bits per heavy atom. The first-order chi connectivity index (χ1) is 8.12. The minimum absolute atomic E-state index is 0.153. The fraction of sp³-hybridized carbons (Fsp3) is 0.538. The molecule has 0 aliphatic heterocycles. The van der Waals surface area contributed by atoms with Crippen molar-refractivity contribution in [2.24, 2.45) is 5.73 Å². The molecule has 2 N–H and O–H groups in total. The molecular weight excluding hydrogens is 224 g/mol. The van der Waals surface area contributed by atoms with Gasteiger partial charge in [0, 0.05) is 0 Å². The normalized spacial score (nSPS) is 10.9. The van der Waals surface area contributed by atoms with Gasteiger partial charge in [0.15, 0.2) is 17.4 Å². The van der Waals surface area contributed by atoms with Crippen molar-refractivity contribution in [3.8, 4) is 5.75 Å². The quantitative estimate of drug-likeness (QED) is 0.833. The van der Waals surface area contributed by atoms with Crippen molar-refractivity contribution in [2.75, 3.05) is 6.54 Å². The van der Waals surface area contributed by atoms with E-state index in [0.717, 1.165) is 12.8 Å². The Balaban J connectivity index is 2.92. The molecule has 0 saturated carbocycles. The summed E-state index contributed by atoms with van der Waals surface area (Å²) in [5.74, 6) is -1.58. The SMILES string of the molecule is CCC(CC)Oc1c(F)cc(CCN)cc1F. The van der Waals surface area contributed by atoms with Gasteiger partial charge in [-0.3, -0.25) is 0 Å². The van der Waals surface area contributed by atoms with Crippen molar-refractivity contribution in [1.29, 1.82) is 0 Å². The number of benzene rings is 1. The zero-order valence-corrected chi connectivity index (χ0v) is 10.3. The van der Waals surface area contributed by atoms with Crippen LogP contribution in [0.25, 0.3) is 0 Å². The number of nitrogens with two attached hydrogens (primary N) is 1. The predicted octanol–water partition coefficient (Wildman–Crippen LogP) is 3.03. The van der Waals surface area contributed by atoms with E-state index >= 15 is 0 Å². The summed E-state index contributed by atoms with van der Waals surface area (Å²) in [7, 11) is 0. The van der Waals surface area contributed by atoms with E-state index in [2.05, 4.69) is 0 Å². The molecule has 1 rings (SSSR count). The molecule has 0 bridgehead atoms. The number of halogens is 2. The average molecular weight is 243 g/mol. The maximum absolute atomic E-state index is 13.7. The molecule has 0 unspecified atom stereocenters. The van der Waals surface area contributed by atoms with Crippen LogP contribution in [-0.2, 0) is 6.42 Å². The fourth-order valence-electron chi connectivity index (χ4n) is 1.66. The van der Waals surface area contributed by atoms with Crippen molar-refractivity contribution in [2.45, 2.75) is 39.2 Å². The number of hydrogen-bond acceptors (Lipinski definition) is 2. The van der Waals surface area contributed by atoms with Gasteiger partial charge in [-0.05, 0) is 43.5 Å². The van der Waals surface area contributed by atoms with Crippen LogP contribution in [-0.4, -0.2) is 12.6 Å². The summed E-state index contributed by atoms with van der Waals surface area (Å²) in [6.45, 7) is 4.21. The molecule has 0 aromatic heterocycles. The zero-order chi connectivity index (χ0) is 12.8. The first kappa shape index (κ1) is 13.9. The lowest BCUT2D eigenvalue weighted by Crippen LogP contribution is -2.16. The Morgan fingerprint density at radius 2 is 1.71 bits per heavy atom. The molecule has 0 heterocycles. The van der Waals surface area contributed by atoms with Gasteiger partial charge >= 0.3 is 0 Å². The van der Waals surface area contributed by atoms with E-state index in [0.29, 0.717) is 18.5 Å². The highest BCUT2D eigenvalue weighted by atomic mass is 19.1. The first-order valence-corrected chi connectivity index (χ1v) is 5.97. The first-order valence-electron chi connectivity index (χ1n) is 5.97. The van der Waals surface area contributed by atoms with Gasteiger partial charge in [0.1, 0.15) is 0 Å². The van der Waals surface area contributed by atoms with Crippen LogP contribution in [0.4, 0.5) is 8.78 Å². The summed E-state index contributed by atoms with van der Waals surface area (Å²) in [4.78, 5) is 0. The molecular formula is C13H19F2NO. The summed E-state index contributed by atoms with van der Waals surface area (Å²) in [6.07, 6.45) is 1.75. The number of rotatable bonds is 6. The van der Waals surface area contributed by atoms with Gasteiger partial charge in [-0.15, -0.1) is 0 Å². The van der Waals surface area contributed by atoms with Gasteiger partial charge in [-0.25, -0.2) is 8.78 Å². The van der Waals surface area contributed by atoms with Gasteiger partial charge in [0.05, 0.1) is 6.10 Å². The molecule has 2 nitrogen and oxygen atoms in total. The lowest BCUT2D eigenvalue weighted by molar-refractivity contribution is 0.175. The maximum atomic E-state index is 13.7. The van der Waals surface area contributed by atoms with E-state index in [-0.39, 0.29) is 11.9 Å². The molecule has 1 aromatic carbocycles. The lowest BCUT2D eigenvalue weighted by atomic mass is 10.1. The highest BCUT2D eigenvalue weighted by Crippen LogP contribution is 2.25. The molecule has 0 saturated heterocycles. The van der Waals surface area contributed by atoms with Crippen LogP contribution in [0.5, 0.6) is 5.75 Å². The lowest BCUT2D eigenvalue weighted by Gasteiger charge is -2.17. The largest absolute Gasteiger partial charge is 0.484 e. The second-order valence-corrected chi connectivity index (χ2v) is 3.98. The van der Waals surface area contributed by atoms with Gasteiger partial charge in [-0.1, -0.05) is 13.8 Å². The Hall–Kier alpha value is -1.16. The Labute approximate surface area is 101 Å². The van der Waals surface area contributed by atoms with Crippen LogP contribution in [0.1, 0.15) is 32.3 Å². The standard InChI is InChI=1S/C13H19F2NO/c1-3-10(4-2)17-13-11(14)7-9(5-6-16)8-12(13)15/h7-8,10H,3-6,16H2,1-2H3. The van der Waals surface area contributed by atoms with Crippen molar-refractivity contribution >= 4 is 0 Å². The minimum Gasteiger partial charge on any atom is -0.484 e. The predicted molar refractivity (Wildman–Crippen MR) is 64.1 cm³/mol. The third kappa shape index (κ3) is 3.66. The van der Waals surface area contributed by atoms with Crippen molar-refractivity contribution < 1.29 is 13.5 Å². The van der Waals surface area contributed by atoms with E-state index in [4.69, 9.17) is 10.5 Å². The Bertz CT molecular complexity index is 341. The third-order valence-corrected chi connectivity index (χ3v) is 2.69. The van der Waals surface area contributed by atoms with Crippen LogP contribution < -0.4 is 10.5 Å². The summed E-state index contributed by atoms with van der Waals surface area (Å²) in [5.41, 5.74) is 5.90. The van der Waals surface area contributed by atoms with Crippen LogP contribution >= 0.6 is 0 Å². The smallest absolute Gasteiger partial charge is 0.191 e. The van der Waals surface area contributed by atoms with Crippen molar-refractivity contribution in [3.05, 3.63) is 29.3 Å². The van der Waals surface area contributed by atoms with Crippen LogP contribution in [0.2, 0.25) is 0 Å². The van der Waals surface area contributed by atoms with Gasteiger partial charge < -0.3 is 10.5 Å². The summed E-state index contributed by atoms with van der Waals surface area (Å²) in [5, 5.41) is 0. The van der Waals surface area contributed by atoms with Gasteiger partial charge in [0.25, 0.3) is 0 Å². The minimum atomic E-state index is -0.652. The van der Waals surface area contributed by atoms with Crippen LogP contribution in [0, 0.1) is 11.6 Å². The van der Waals surface area contributed by atoms with E-state index in [1.165, 1.54) is 12.1 Å². The summed E-state index contributed by atoms with van der Waals surface area (Å²) < 4.78 is 32.6. The monoisotopic (exact) mass is 243 g/mol. The van der Waals surface area contributed by atoms with Crippen molar-refractivity contribution in [3.63, 3.8) is 0 Å². The highest BCUT2D eigenvalue weighted by Gasteiger charge is 2.15. The number of hydrogen-bond donors (Lipinski definition) is 1. The molecule has 0 atom stereocenters. The molecule has 1 aromatic rings. The molecule has 0 amide bonds. The third-order valence-electron chi connectivity index (χ3n) is 2.69. The van der Waals surface area contributed by atoms with E-state index < -0.39 is 11.6 Å². The average Bonchev–Trinajstić information content (AvgIpc) is 2.29. The fourth-order valence-corrected chi connectivity index (χ4v) is 1.66. The van der Waals surface area contributed by atoms with E-state index in [1.54, 1.807) is 0 Å². The maximum Gasteiger partial charge on any atom is 0.191 e.